The summed E-state index contributed by atoms with van der Waals surface area (Å²) in [6, 6.07) is 9.32. The van der Waals surface area contributed by atoms with Gasteiger partial charge >= 0.3 is 0 Å². The predicted molar refractivity (Wildman–Crippen MR) is 84.5 cm³/mol. The van der Waals surface area contributed by atoms with Gasteiger partial charge in [-0.3, -0.25) is 14.5 Å². The number of aromatic nitrogens is 1. The average molecular weight is 301 g/mol. The van der Waals surface area contributed by atoms with Crippen LogP contribution in [0.4, 0.5) is 10.8 Å². The fraction of sp³-hybridized carbons (Fsp3) is 0.133. The van der Waals surface area contributed by atoms with Crippen molar-refractivity contribution in [1.82, 2.24) is 10.3 Å². The van der Waals surface area contributed by atoms with E-state index in [4.69, 9.17) is 0 Å². The monoisotopic (exact) mass is 301 g/mol. The molecule has 0 aliphatic rings. The molecule has 0 saturated carbocycles. The number of likely N-dealkylation sites (N-methyl/N-ethyl adjacent to an activating group) is 1. The molecule has 0 saturated heterocycles. The van der Waals surface area contributed by atoms with Gasteiger partial charge in [0.2, 0.25) is 11.8 Å². The molecule has 6 heteroatoms. The van der Waals surface area contributed by atoms with Gasteiger partial charge in [0.05, 0.1) is 11.4 Å². The third-order valence-electron chi connectivity index (χ3n) is 2.68. The van der Waals surface area contributed by atoms with E-state index in [1.54, 1.807) is 23.4 Å². The van der Waals surface area contributed by atoms with Crippen molar-refractivity contribution >= 4 is 40.0 Å². The molecule has 108 valence electrons. The second-order valence-electron chi connectivity index (χ2n) is 4.19. The maximum Gasteiger partial charge on any atom is 0.243 e. The highest BCUT2D eigenvalue weighted by molar-refractivity contribution is 7.14. The van der Waals surface area contributed by atoms with E-state index in [9.17, 15) is 9.59 Å². The minimum Gasteiger partial charge on any atom is -0.356 e. The quantitative estimate of drug-likeness (QED) is 0.883. The fourth-order valence-corrected chi connectivity index (χ4v) is 2.56. The predicted octanol–water partition coefficient (Wildman–Crippen LogP) is 2.59. The molecule has 1 heterocycles. The van der Waals surface area contributed by atoms with Gasteiger partial charge in [-0.2, -0.15) is 0 Å². The zero-order valence-corrected chi connectivity index (χ0v) is 12.6. The molecule has 0 aliphatic heterocycles. The first-order chi connectivity index (χ1) is 10.1. The standard InChI is InChI=1S/C15H15N3O2S/c1-11(19)18(13-6-4-3-5-7-13)15-17-12(10-21-15)8-9-14(20)16-2/h3-10H,1-2H3,(H,16,20)/b9-8+. The minimum absolute atomic E-state index is 0.114. The number of carbonyl (C=O) groups excluding carboxylic acids is 2. The summed E-state index contributed by atoms with van der Waals surface area (Å²) < 4.78 is 0. The highest BCUT2D eigenvalue weighted by atomic mass is 32.1. The van der Waals surface area contributed by atoms with E-state index in [-0.39, 0.29) is 11.8 Å². The van der Waals surface area contributed by atoms with E-state index in [0.29, 0.717) is 10.8 Å². The van der Waals surface area contributed by atoms with E-state index < -0.39 is 0 Å². The van der Waals surface area contributed by atoms with Crippen molar-refractivity contribution < 1.29 is 9.59 Å². The Morgan fingerprint density at radius 3 is 2.62 bits per heavy atom. The molecule has 5 nitrogen and oxygen atoms in total. The molecule has 0 bridgehead atoms. The largest absolute Gasteiger partial charge is 0.356 e. The molecule has 0 atom stereocenters. The molecule has 0 radical (unpaired) electrons. The van der Waals surface area contributed by atoms with E-state index >= 15 is 0 Å². The number of para-hydroxylation sites is 1. The van der Waals surface area contributed by atoms with Gasteiger partial charge in [-0.15, -0.1) is 11.3 Å². The van der Waals surface area contributed by atoms with Crippen LogP contribution in [0.5, 0.6) is 0 Å². The SMILES string of the molecule is CNC(=O)/C=C/c1csc(N(C(C)=O)c2ccccc2)n1. The molecule has 2 rings (SSSR count). The van der Waals surface area contributed by atoms with Gasteiger partial charge in [0, 0.05) is 25.4 Å². The van der Waals surface area contributed by atoms with E-state index in [2.05, 4.69) is 10.3 Å². The lowest BCUT2D eigenvalue weighted by Crippen LogP contribution is -2.22. The molecule has 0 unspecified atom stereocenters. The van der Waals surface area contributed by atoms with Gasteiger partial charge in [0.1, 0.15) is 0 Å². The van der Waals surface area contributed by atoms with E-state index in [1.165, 1.54) is 24.3 Å². The number of benzene rings is 1. The molecule has 2 amide bonds. The fourth-order valence-electron chi connectivity index (χ4n) is 1.70. The van der Waals surface area contributed by atoms with Crippen LogP contribution in [0.2, 0.25) is 0 Å². The van der Waals surface area contributed by atoms with Crippen molar-refractivity contribution in [2.45, 2.75) is 6.92 Å². The first-order valence-corrected chi connectivity index (χ1v) is 7.21. The summed E-state index contributed by atoms with van der Waals surface area (Å²) in [7, 11) is 1.56. The average Bonchev–Trinajstić information content (AvgIpc) is 2.94. The third kappa shape index (κ3) is 3.76. The lowest BCUT2D eigenvalue weighted by molar-refractivity contribution is -0.116. The lowest BCUT2D eigenvalue weighted by atomic mass is 10.3. The van der Waals surface area contributed by atoms with E-state index in [1.807, 2.05) is 30.3 Å². The second-order valence-corrected chi connectivity index (χ2v) is 5.03. The highest BCUT2D eigenvalue weighted by Gasteiger charge is 2.16. The Hall–Kier alpha value is -2.47. The molecular formula is C15H15N3O2S. The molecule has 0 fully saturated rings. The maximum absolute atomic E-state index is 11.9. The van der Waals surface area contributed by atoms with Gasteiger partial charge in [-0.1, -0.05) is 18.2 Å². The Bertz CT molecular complexity index is 665. The molecule has 0 aliphatic carbocycles. The zero-order valence-electron chi connectivity index (χ0n) is 11.7. The van der Waals surface area contributed by atoms with Gasteiger partial charge in [0.25, 0.3) is 0 Å². The van der Waals surface area contributed by atoms with Gasteiger partial charge in [-0.25, -0.2) is 4.98 Å². The van der Waals surface area contributed by atoms with Crippen molar-refractivity contribution in [2.75, 3.05) is 11.9 Å². The summed E-state index contributed by atoms with van der Waals surface area (Å²) >= 11 is 1.35. The van der Waals surface area contributed by atoms with Crippen molar-refractivity contribution in [3.63, 3.8) is 0 Å². The zero-order chi connectivity index (χ0) is 15.2. The number of hydrogen-bond acceptors (Lipinski definition) is 4. The summed E-state index contributed by atoms with van der Waals surface area (Å²) in [6.07, 6.45) is 3.02. The van der Waals surface area contributed by atoms with Crippen LogP contribution in [0, 0.1) is 0 Å². The van der Waals surface area contributed by atoms with Crippen LogP contribution in [0.3, 0.4) is 0 Å². The lowest BCUT2D eigenvalue weighted by Gasteiger charge is -2.17. The Morgan fingerprint density at radius 1 is 1.29 bits per heavy atom. The summed E-state index contributed by atoms with van der Waals surface area (Å²) in [6.45, 7) is 1.49. The van der Waals surface area contributed by atoms with Crippen LogP contribution in [-0.2, 0) is 9.59 Å². The Morgan fingerprint density at radius 2 is 2.00 bits per heavy atom. The number of thiazole rings is 1. The molecule has 0 spiro atoms. The summed E-state index contributed by atoms with van der Waals surface area (Å²) in [5.41, 5.74) is 1.40. The molecular weight excluding hydrogens is 286 g/mol. The van der Waals surface area contributed by atoms with Crippen molar-refractivity contribution in [3.8, 4) is 0 Å². The first-order valence-electron chi connectivity index (χ1n) is 6.33. The molecule has 1 aromatic heterocycles. The summed E-state index contributed by atoms with van der Waals surface area (Å²) in [4.78, 5) is 29.0. The number of nitrogens with zero attached hydrogens (tertiary/aromatic N) is 2. The number of anilines is 2. The number of hydrogen-bond donors (Lipinski definition) is 1. The molecule has 21 heavy (non-hydrogen) atoms. The maximum atomic E-state index is 11.9. The van der Waals surface area contributed by atoms with Gasteiger partial charge < -0.3 is 5.32 Å². The molecule has 2 aromatic rings. The van der Waals surface area contributed by atoms with Crippen LogP contribution < -0.4 is 10.2 Å². The Balaban J connectivity index is 2.27. The van der Waals surface area contributed by atoms with Crippen LogP contribution in [-0.4, -0.2) is 23.8 Å². The Labute approximate surface area is 126 Å². The first kappa shape index (κ1) is 14.9. The Kier molecular flexibility index (Phi) is 4.84. The van der Waals surface area contributed by atoms with Crippen LogP contribution in [0.1, 0.15) is 12.6 Å². The molecule has 1 N–H and O–H groups in total. The van der Waals surface area contributed by atoms with Gasteiger partial charge in [0.15, 0.2) is 5.13 Å². The minimum atomic E-state index is -0.198. The van der Waals surface area contributed by atoms with E-state index in [0.717, 1.165) is 5.69 Å². The summed E-state index contributed by atoms with van der Waals surface area (Å²) in [5.74, 6) is -0.312. The van der Waals surface area contributed by atoms with Crippen LogP contribution >= 0.6 is 11.3 Å². The molecule has 1 aromatic carbocycles. The number of carbonyl (C=O) groups is 2. The normalized spacial score (nSPS) is 10.6. The highest BCUT2D eigenvalue weighted by Crippen LogP contribution is 2.28. The van der Waals surface area contributed by atoms with Crippen molar-refractivity contribution in [1.29, 1.82) is 0 Å². The summed E-state index contributed by atoms with van der Waals surface area (Å²) in [5, 5.41) is 4.87. The number of rotatable bonds is 4. The van der Waals surface area contributed by atoms with Gasteiger partial charge in [-0.05, 0) is 18.2 Å². The smallest absolute Gasteiger partial charge is 0.243 e. The topological polar surface area (TPSA) is 62.3 Å². The third-order valence-corrected chi connectivity index (χ3v) is 3.53. The second kappa shape index (κ2) is 6.81. The van der Waals surface area contributed by atoms with Crippen molar-refractivity contribution in [3.05, 3.63) is 47.5 Å². The van der Waals surface area contributed by atoms with Crippen molar-refractivity contribution in [2.24, 2.45) is 0 Å². The van der Waals surface area contributed by atoms with Crippen LogP contribution in [0.15, 0.2) is 41.8 Å². The number of amides is 2. The number of nitrogens with one attached hydrogen (secondary N) is 1. The van der Waals surface area contributed by atoms with Crippen LogP contribution in [0.25, 0.3) is 6.08 Å².